The monoisotopic (exact) mass is 440 g/mol. The van der Waals surface area contributed by atoms with Crippen molar-refractivity contribution in [2.45, 2.75) is 65.1 Å². The lowest BCUT2D eigenvalue weighted by atomic mass is 9.70. The lowest BCUT2D eigenvalue weighted by molar-refractivity contribution is -0.0279. The topological polar surface area (TPSA) is 110 Å². The SMILES string of the molecule is Cc1cc(F)ncc1-c1cn2ncc(C(N)=O)c(N(C(C)C)C3CC(C(C)(C)O)C3)c2n1. The average molecular weight is 441 g/mol. The highest BCUT2D eigenvalue weighted by molar-refractivity contribution is 6.02. The number of hydrogen-bond donors (Lipinski definition) is 2. The fourth-order valence-electron chi connectivity index (χ4n) is 4.53. The summed E-state index contributed by atoms with van der Waals surface area (Å²) < 4.78 is 15.1. The minimum absolute atomic E-state index is 0.0569. The Kier molecular flexibility index (Phi) is 5.40. The lowest BCUT2D eigenvalue weighted by Gasteiger charge is -2.50. The van der Waals surface area contributed by atoms with Crippen molar-refractivity contribution in [3.63, 3.8) is 0 Å². The summed E-state index contributed by atoms with van der Waals surface area (Å²) in [5, 5.41) is 14.7. The Hall–Kier alpha value is -3.07. The predicted octanol–water partition coefficient (Wildman–Crippen LogP) is 3.10. The number of pyridine rings is 1. The zero-order chi connectivity index (χ0) is 23.4. The predicted molar refractivity (Wildman–Crippen MR) is 120 cm³/mol. The Bertz CT molecular complexity index is 1180. The molecule has 8 nitrogen and oxygen atoms in total. The maximum atomic E-state index is 13.5. The summed E-state index contributed by atoms with van der Waals surface area (Å²) in [7, 11) is 0. The molecule has 0 aliphatic heterocycles. The molecule has 1 aliphatic carbocycles. The van der Waals surface area contributed by atoms with E-state index >= 15 is 0 Å². The van der Waals surface area contributed by atoms with Gasteiger partial charge in [-0.05, 0) is 65.0 Å². The number of halogens is 1. The number of nitrogens with two attached hydrogens (primary N) is 1. The number of imidazole rings is 1. The summed E-state index contributed by atoms with van der Waals surface area (Å²) in [5.41, 5.74) is 8.35. The van der Waals surface area contributed by atoms with Crippen LogP contribution in [0.5, 0.6) is 0 Å². The highest BCUT2D eigenvalue weighted by Crippen LogP contribution is 2.43. The van der Waals surface area contributed by atoms with Crippen LogP contribution in [0, 0.1) is 18.8 Å². The van der Waals surface area contributed by atoms with Gasteiger partial charge in [-0.2, -0.15) is 9.49 Å². The quantitative estimate of drug-likeness (QED) is 0.570. The van der Waals surface area contributed by atoms with Gasteiger partial charge < -0.3 is 15.7 Å². The second-order valence-corrected chi connectivity index (χ2v) is 9.46. The third kappa shape index (κ3) is 3.81. The van der Waals surface area contributed by atoms with E-state index in [9.17, 15) is 14.3 Å². The first-order valence-electron chi connectivity index (χ1n) is 10.8. The molecule has 1 amide bonds. The fraction of sp³-hybridized carbons (Fsp3) is 0.478. The highest BCUT2D eigenvalue weighted by atomic mass is 19.1. The van der Waals surface area contributed by atoms with Crippen LogP contribution in [0.3, 0.4) is 0 Å². The maximum absolute atomic E-state index is 13.5. The normalized spacial score (nSPS) is 18.8. The Labute approximate surface area is 186 Å². The van der Waals surface area contributed by atoms with Gasteiger partial charge in [-0.1, -0.05) is 0 Å². The van der Waals surface area contributed by atoms with Crippen LogP contribution in [0.4, 0.5) is 10.1 Å². The second-order valence-electron chi connectivity index (χ2n) is 9.46. The first-order chi connectivity index (χ1) is 15.0. The van der Waals surface area contributed by atoms with E-state index in [0.29, 0.717) is 33.7 Å². The van der Waals surface area contributed by atoms with Crippen LogP contribution in [0.1, 0.15) is 56.5 Å². The molecule has 0 saturated heterocycles. The minimum atomic E-state index is -0.757. The van der Waals surface area contributed by atoms with E-state index in [1.54, 1.807) is 17.6 Å². The molecule has 1 fully saturated rings. The van der Waals surface area contributed by atoms with Gasteiger partial charge in [0.05, 0.1) is 34.9 Å². The van der Waals surface area contributed by atoms with E-state index in [2.05, 4.69) is 28.8 Å². The van der Waals surface area contributed by atoms with E-state index < -0.39 is 17.5 Å². The van der Waals surface area contributed by atoms with Crippen LogP contribution in [-0.4, -0.2) is 48.3 Å². The molecule has 1 saturated carbocycles. The van der Waals surface area contributed by atoms with E-state index in [0.717, 1.165) is 12.8 Å². The first-order valence-corrected chi connectivity index (χ1v) is 10.8. The van der Waals surface area contributed by atoms with Gasteiger partial charge in [0, 0.05) is 23.8 Å². The molecule has 3 aromatic heterocycles. The fourth-order valence-corrected chi connectivity index (χ4v) is 4.53. The van der Waals surface area contributed by atoms with Crippen LogP contribution >= 0.6 is 0 Å². The Morgan fingerprint density at radius 3 is 2.59 bits per heavy atom. The zero-order valence-corrected chi connectivity index (χ0v) is 19.0. The third-order valence-corrected chi connectivity index (χ3v) is 6.41. The largest absolute Gasteiger partial charge is 0.390 e. The first kappa shape index (κ1) is 22.1. The zero-order valence-electron chi connectivity index (χ0n) is 19.0. The molecule has 0 unspecified atom stereocenters. The number of rotatable bonds is 6. The van der Waals surface area contributed by atoms with Gasteiger partial charge in [0.2, 0.25) is 5.95 Å². The van der Waals surface area contributed by atoms with E-state index in [-0.39, 0.29) is 18.0 Å². The number of carbonyl (C=O) groups is 1. The van der Waals surface area contributed by atoms with Gasteiger partial charge in [-0.3, -0.25) is 4.79 Å². The number of hydrogen-bond acceptors (Lipinski definition) is 6. The van der Waals surface area contributed by atoms with Crippen LogP contribution in [0.2, 0.25) is 0 Å². The number of fused-ring (bicyclic) bond motifs is 1. The summed E-state index contributed by atoms with van der Waals surface area (Å²) >= 11 is 0. The van der Waals surface area contributed by atoms with Crippen molar-refractivity contribution in [1.29, 1.82) is 0 Å². The standard InChI is InChI=1S/C23H29FN6O2/c1-12(2)30(15-7-14(8-15)23(4,5)32)20-17(21(25)31)10-27-29-11-18(28-22(20)29)16-9-26-19(24)6-13(16)3/h6,9-12,14-15,32H,7-8H2,1-5H3,(H2,25,31). The van der Waals surface area contributed by atoms with Gasteiger partial charge in [-0.25, -0.2) is 14.5 Å². The summed E-state index contributed by atoms with van der Waals surface area (Å²) in [5.74, 6) is -0.961. The molecule has 9 heteroatoms. The molecule has 32 heavy (non-hydrogen) atoms. The summed E-state index contributed by atoms with van der Waals surface area (Å²) in [4.78, 5) is 23.0. The van der Waals surface area contributed by atoms with Crippen molar-refractivity contribution in [2.24, 2.45) is 11.7 Å². The van der Waals surface area contributed by atoms with Crippen LogP contribution < -0.4 is 10.6 Å². The van der Waals surface area contributed by atoms with Crippen LogP contribution in [0.25, 0.3) is 16.9 Å². The smallest absolute Gasteiger partial charge is 0.252 e. The highest BCUT2D eigenvalue weighted by Gasteiger charge is 2.43. The Morgan fingerprint density at radius 1 is 1.34 bits per heavy atom. The minimum Gasteiger partial charge on any atom is -0.390 e. The summed E-state index contributed by atoms with van der Waals surface area (Å²) in [6.07, 6.45) is 6.24. The molecule has 170 valence electrons. The van der Waals surface area contributed by atoms with Gasteiger partial charge in [0.1, 0.15) is 0 Å². The molecule has 3 aromatic rings. The second kappa shape index (κ2) is 7.81. The van der Waals surface area contributed by atoms with Gasteiger partial charge in [0.15, 0.2) is 5.65 Å². The van der Waals surface area contributed by atoms with Crippen LogP contribution in [0.15, 0.2) is 24.7 Å². The molecule has 3 heterocycles. The number of primary amides is 1. The number of amides is 1. The molecule has 1 aliphatic rings. The van der Waals surface area contributed by atoms with Crippen molar-refractivity contribution < 1.29 is 14.3 Å². The molecule has 0 aromatic carbocycles. The summed E-state index contributed by atoms with van der Waals surface area (Å²) in [6.45, 7) is 9.55. The number of aliphatic hydroxyl groups is 1. The summed E-state index contributed by atoms with van der Waals surface area (Å²) in [6, 6.07) is 1.54. The molecule has 3 N–H and O–H groups in total. The Morgan fingerprint density at radius 2 is 2.03 bits per heavy atom. The van der Waals surface area contributed by atoms with Crippen molar-refractivity contribution in [3.8, 4) is 11.3 Å². The molecule has 0 spiro atoms. The number of carbonyl (C=O) groups excluding carboxylic acids is 1. The van der Waals surface area contributed by atoms with Crippen LogP contribution in [-0.2, 0) is 0 Å². The molecular formula is C23H29FN6O2. The molecule has 4 rings (SSSR count). The lowest BCUT2D eigenvalue weighted by Crippen LogP contribution is -2.54. The maximum Gasteiger partial charge on any atom is 0.252 e. The number of aryl methyl sites for hydroxylation is 1. The van der Waals surface area contributed by atoms with Gasteiger partial charge >= 0.3 is 0 Å². The number of anilines is 1. The van der Waals surface area contributed by atoms with E-state index in [1.807, 2.05) is 13.8 Å². The van der Waals surface area contributed by atoms with E-state index in [4.69, 9.17) is 10.7 Å². The molecule has 0 atom stereocenters. The van der Waals surface area contributed by atoms with E-state index in [1.165, 1.54) is 18.5 Å². The Balaban J connectivity index is 1.85. The number of aromatic nitrogens is 4. The van der Waals surface area contributed by atoms with Gasteiger partial charge in [0.25, 0.3) is 5.91 Å². The third-order valence-electron chi connectivity index (χ3n) is 6.41. The van der Waals surface area contributed by atoms with Crippen molar-refractivity contribution >= 4 is 17.2 Å². The molecule has 0 bridgehead atoms. The molecule has 0 radical (unpaired) electrons. The van der Waals surface area contributed by atoms with Gasteiger partial charge in [-0.15, -0.1) is 0 Å². The average Bonchev–Trinajstić information content (AvgIpc) is 3.06. The number of nitrogens with zero attached hydrogens (tertiary/aromatic N) is 5. The van der Waals surface area contributed by atoms with Crippen molar-refractivity contribution in [2.75, 3.05) is 4.90 Å². The molecular weight excluding hydrogens is 411 g/mol. The van der Waals surface area contributed by atoms with Crippen molar-refractivity contribution in [1.82, 2.24) is 19.6 Å². The van der Waals surface area contributed by atoms with Crippen molar-refractivity contribution in [3.05, 3.63) is 41.7 Å².